The monoisotopic (exact) mass is 374 g/mol. The van der Waals surface area contributed by atoms with Crippen LogP contribution in [0.4, 0.5) is 11.4 Å². The minimum atomic E-state index is -0.746. The first-order valence-electron chi connectivity index (χ1n) is 8.29. The molecule has 2 aromatic rings. The maximum Gasteiger partial charge on any atom is 0.259 e. The Bertz CT molecular complexity index is 1030. The van der Waals surface area contributed by atoms with Crippen LogP contribution in [-0.4, -0.2) is 23.6 Å². The molecule has 0 spiro atoms. The molecule has 28 heavy (non-hydrogen) atoms. The summed E-state index contributed by atoms with van der Waals surface area (Å²) in [6, 6.07) is 12.6. The van der Waals surface area contributed by atoms with E-state index in [2.05, 4.69) is 10.6 Å². The maximum atomic E-state index is 12.5. The van der Waals surface area contributed by atoms with Gasteiger partial charge in [0.1, 0.15) is 0 Å². The Morgan fingerprint density at radius 2 is 0.750 bits per heavy atom. The number of imide groups is 2. The van der Waals surface area contributed by atoms with Crippen LogP contribution >= 0.6 is 0 Å². The van der Waals surface area contributed by atoms with E-state index in [0.717, 1.165) is 0 Å². The number of nitrogen functional groups attached to an aromatic ring is 2. The van der Waals surface area contributed by atoms with Gasteiger partial charge in [0.25, 0.3) is 23.6 Å². The van der Waals surface area contributed by atoms with E-state index in [1.807, 2.05) is 0 Å². The standard InChI is InChI=1S/C20H14N4O4/c21-11-5-1-9(2-6-11)13-15(19(27)23-17(13)25)16-14(18(26)24-20(16)28)10-3-7-12(22)8-4-10/h1-8H,21-22H2,(H,23,25,27)(H,24,26,28). The summed E-state index contributed by atoms with van der Waals surface area (Å²) in [4.78, 5) is 50.0. The van der Waals surface area contributed by atoms with Crippen LogP contribution in [0, 0.1) is 0 Å². The number of anilines is 2. The van der Waals surface area contributed by atoms with E-state index < -0.39 is 23.6 Å². The lowest BCUT2D eigenvalue weighted by atomic mass is 9.91. The number of hydrogen-bond acceptors (Lipinski definition) is 6. The van der Waals surface area contributed by atoms with Gasteiger partial charge in [0.15, 0.2) is 0 Å². The molecule has 0 unspecified atom stereocenters. The van der Waals surface area contributed by atoms with Crippen molar-refractivity contribution in [1.82, 2.24) is 10.6 Å². The molecule has 8 heteroatoms. The van der Waals surface area contributed by atoms with E-state index in [4.69, 9.17) is 11.5 Å². The molecular formula is C20H14N4O4. The van der Waals surface area contributed by atoms with Crippen LogP contribution in [0.15, 0.2) is 59.7 Å². The van der Waals surface area contributed by atoms with Gasteiger partial charge < -0.3 is 11.5 Å². The second-order valence-corrected chi connectivity index (χ2v) is 6.31. The number of nitrogens with one attached hydrogen (secondary N) is 2. The predicted molar refractivity (Wildman–Crippen MR) is 102 cm³/mol. The molecule has 0 saturated heterocycles. The van der Waals surface area contributed by atoms with E-state index in [1.165, 1.54) is 0 Å². The second kappa shape index (κ2) is 6.20. The van der Waals surface area contributed by atoms with E-state index >= 15 is 0 Å². The smallest absolute Gasteiger partial charge is 0.259 e. The lowest BCUT2D eigenvalue weighted by Crippen LogP contribution is -2.26. The molecule has 2 heterocycles. The Kier molecular flexibility index (Phi) is 3.82. The lowest BCUT2D eigenvalue weighted by Gasteiger charge is -2.07. The van der Waals surface area contributed by atoms with Gasteiger partial charge in [0.05, 0.1) is 22.3 Å². The minimum absolute atomic E-state index is 0.0118. The average Bonchev–Trinajstić information content (AvgIpc) is 3.10. The van der Waals surface area contributed by atoms with Crippen molar-refractivity contribution >= 4 is 46.1 Å². The van der Waals surface area contributed by atoms with E-state index in [1.54, 1.807) is 48.5 Å². The van der Waals surface area contributed by atoms with Crippen molar-refractivity contribution in [3.63, 3.8) is 0 Å². The van der Waals surface area contributed by atoms with Crippen LogP contribution in [0.25, 0.3) is 11.1 Å². The third-order valence-electron chi connectivity index (χ3n) is 4.51. The van der Waals surface area contributed by atoms with Crippen LogP contribution in [0.3, 0.4) is 0 Å². The Hall–Kier alpha value is -4.20. The van der Waals surface area contributed by atoms with Crippen molar-refractivity contribution in [3.8, 4) is 0 Å². The summed E-state index contributed by atoms with van der Waals surface area (Å²) in [7, 11) is 0. The summed E-state index contributed by atoms with van der Waals surface area (Å²) in [5.74, 6) is -2.80. The van der Waals surface area contributed by atoms with Gasteiger partial charge in [0.2, 0.25) is 0 Å². The van der Waals surface area contributed by atoms with Gasteiger partial charge in [-0.1, -0.05) is 24.3 Å². The molecular weight excluding hydrogens is 360 g/mol. The molecule has 2 aromatic carbocycles. The first-order valence-corrected chi connectivity index (χ1v) is 8.29. The predicted octanol–water partition coefficient (Wildman–Crippen LogP) is 0.371. The zero-order valence-electron chi connectivity index (χ0n) is 14.4. The number of amides is 4. The molecule has 2 aliphatic heterocycles. The number of hydrogen-bond donors (Lipinski definition) is 4. The number of carbonyl (C=O) groups excluding carboxylic acids is 4. The van der Waals surface area contributed by atoms with Crippen LogP contribution in [-0.2, 0) is 19.2 Å². The molecule has 4 amide bonds. The maximum absolute atomic E-state index is 12.5. The topological polar surface area (TPSA) is 144 Å². The molecule has 0 aliphatic carbocycles. The van der Waals surface area contributed by atoms with Crippen molar-refractivity contribution < 1.29 is 19.2 Å². The van der Waals surface area contributed by atoms with Gasteiger partial charge in [-0.15, -0.1) is 0 Å². The van der Waals surface area contributed by atoms with Gasteiger partial charge >= 0.3 is 0 Å². The fraction of sp³-hybridized carbons (Fsp3) is 0. The summed E-state index contributed by atoms with van der Waals surface area (Å²) >= 11 is 0. The fourth-order valence-electron chi connectivity index (χ4n) is 3.24. The molecule has 8 nitrogen and oxygen atoms in total. The van der Waals surface area contributed by atoms with Gasteiger partial charge in [-0.2, -0.15) is 0 Å². The van der Waals surface area contributed by atoms with Crippen molar-refractivity contribution in [2.75, 3.05) is 11.5 Å². The number of nitrogens with two attached hydrogens (primary N) is 2. The van der Waals surface area contributed by atoms with E-state index in [-0.39, 0.29) is 22.3 Å². The van der Waals surface area contributed by atoms with Crippen molar-refractivity contribution in [2.24, 2.45) is 0 Å². The zero-order chi connectivity index (χ0) is 20.0. The summed E-state index contributed by atoms with van der Waals surface area (Å²) in [5.41, 5.74) is 12.9. The number of benzene rings is 2. The van der Waals surface area contributed by atoms with E-state index in [0.29, 0.717) is 22.5 Å². The molecule has 0 aromatic heterocycles. The average molecular weight is 374 g/mol. The first kappa shape index (κ1) is 17.2. The quantitative estimate of drug-likeness (QED) is 0.451. The number of rotatable bonds is 3. The number of carbonyl (C=O) groups is 4. The lowest BCUT2D eigenvalue weighted by molar-refractivity contribution is -0.126. The Morgan fingerprint density at radius 3 is 1.07 bits per heavy atom. The summed E-state index contributed by atoms with van der Waals surface area (Å²) < 4.78 is 0. The molecule has 6 N–H and O–H groups in total. The van der Waals surface area contributed by atoms with Crippen molar-refractivity contribution in [1.29, 1.82) is 0 Å². The molecule has 0 saturated carbocycles. The summed E-state index contributed by atoms with van der Waals surface area (Å²) in [5, 5.41) is 4.39. The Balaban J connectivity index is 2.01. The highest BCUT2D eigenvalue weighted by atomic mass is 16.2. The molecule has 0 bridgehead atoms. The van der Waals surface area contributed by atoms with Gasteiger partial charge in [-0.3, -0.25) is 29.8 Å². The van der Waals surface area contributed by atoms with Gasteiger partial charge in [0, 0.05) is 11.4 Å². The summed E-state index contributed by atoms with van der Waals surface area (Å²) in [6.45, 7) is 0. The largest absolute Gasteiger partial charge is 0.399 e. The highest BCUT2D eigenvalue weighted by molar-refractivity contribution is 6.46. The van der Waals surface area contributed by atoms with Crippen LogP contribution in [0.5, 0.6) is 0 Å². The highest BCUT2D eigenvalue weighted by Crippen LogP contribution is 2.36. The van der Waals surface area contributed by atoms with E-state index in [9.17, 15) is 19.2 Å². The molecule has 4 rings (SSSR count). The molecule has 138 valence electrons. The van der Waals surface area contributed by atoms with Gasteiger partial charge in [-0.05, 0) is 35.4 Å². The Morgan fingerprint density at radius 1 is 0.464 bits per heavy atom. The molecule has 0 radical (unpaired) electrons. The minimum Gasteiger partial charge on any atom is -0.399 e. The second-order valence-electron chi connectivity index (χ2n) is 6.31. The van der Waals surface area contributed by atoms with Crippen LogP contribution in [0.2, 0.25) is 0 Å². The third kappa shape index (κ3) is 2.64. The normalized spacial score (nSPS) is 16.7. The van der Waals surface area contributed by atoms with Gasteiger partial charge in [-0.25, -0.2) is 0 Å². The zero-order valence-corrected chi connectivity index (χ0v) is 14.4. The fourth-order valence-corrected chi connectivity index (χ4v) is 3.24. The molecule has 0 fully saturated rings. The van der Waals surface area contributed by atoms with Crippen LogP contribution < -0.4 is 22.1 Å². The third-order valence-corrected chi connectivity index (χ3v) is 4.51. The SMILES string of the molecule is Nc1ccc(C2=C(C3=C(c4ccc(N)cc4)C(=O)NC3=O)C(=O)NC2=O)cc1. The Labute approximate surface area is 158 Å². The first-order chi connectivity index (χ1) is 13.4. The van der Waals surface area contributed by atoms with Crippen molar-refractivity contribution in [3.05, 3.63) is 70.8 Å². The summed E-state index contributed by atoms with van der Waals surface area (Å²) in [6.07, 6.45) is 0. The van der Waals surface area contributed by atoms with Crippen LogP contribution in [0.1, 0.15) is 11.1 Å². The highest BCUT2D eigenvalue weighted by Gasteiger charge is 2.42. The van der Waals surface area contributed by atoms with Crippen molar-refractivity contribution in [2.45, 2.75) is 0 Å². The molecule has 0 atom stereocenters. The molecule has 2 aliphatic rings.